The lowest BCUT2D eigenvalue weighted by Crippen LogP contribution is -2.18. The molecule has 2 aromatic carbocycles. The Morgan fingerprint density at radius 2 is 1.77 bits per heavy atom. The van der Waals surface area contributed by atoms with Crippen molar-refractivity contribution in [1.82, 2.24) is 9.38 Å². The van der Waals surface area contributed by atoms with Gasteiger partial charge in [-0.05, 0) is 55.2 Å². The zero-order valence-electron chi connectivity index (χ0n) is 17.4. The van der Waals surface area contributed by atoms with E-state index in [1.54, 1.807) is 35.0 Å². The Balaban J connectivity index is 1.85. The van der Waals surface area contributed by atoms with Crippen LogP contribution in [0.1, 0.15) is 44.7 Å². The quantitative estimate of drug-likeness (QED) is 0.432. The van der Waals surface area contributed by atoms with Crippen LogP contribution in [0.2, 0.25) is 0 Å². The second-order valence-corrected chi connectivity index (χ2v) is 8.41. The molecule has 0 amide bonds. The molecule has 0 aliphatic carbocycles. The Bertz CT molecular complexity index is 1240. The number of benzene rings is 2. The molecule has 0 bridgehead atoms. The molecule has 0 unspecified atom stereocenters. The van der Waals surface area contributed by atoms with Gasteiger partial charge in [-0.25, -0.2) is 13.8 Å². The summed E-state index contributed by atoms with van der Waals surface area (Å²) < 4.78 is 31.2. The zero-order valence-corrected chi connectivity index (χ0v) is 17.4. The van der Waals surface area contributed by atoms with E-state index in [1.807, 2.05) is 24.3 Å². The highest BCUT2D eigenvalue weighted by atomic mass is 19.1. The Labute approximate surface area is 174 Å². The summed E-state index contributed by atoms with van der Waals surface area (Å²) in [5.41, 5.74) is 2.77. The van der Waals surface area contributed by atoms with Crippen LogP contribution in [0.25, 0.3) is 28.0 Å². The Hall–Kier alpha value is -3.05. The van der Waals surface area contributed by atoms with E-state index < -0.39 is 11.4 Å². The van der Waals surface area contributed by atoms with Gasteiger partial charge in [0.2, 0.25) is 0 Å². The summed E-state index contributed by atoms with van der Waals surface area (Å²) in [4.78, 5) is 4.21. The Morgan fingerprint density at radius 1 is 1.00 bits per heavy atom. The summed E-state index contributed by atoms with van der Waals surface area (Å²) in [7, 11) is 0. The predicted molar refractivity (Wildman–Crippen MR) is 115 cm³/mol. The van der Waals surface area contributed by atoms with Gasteiger partial charge >= 0.3 is 0 Å². The smallest absolute Gasteiger partial charge is 0.174 e. The summed E-state index contributed by atoms with van der Waals surface area (Å²) in [6, 6.07) is 14.2. The molecule has 2 aromatic heterocycles. The lowest BCUT2D eigenvalue weighted by Gasteiger charge is -2.18. The molecule has 0 fully saturated rings. The fourth-order valence-corrected chi connectivity index (χ4v) is 3.67. The van der Waals surface area contributed by atoms with Gasteiger partial charge in [0, 0.05) is 22.9 Å². The Morgan fingerprint density at radius 3 is 2.47 bits per heavy atom. The molecule has 5 heteroatoms. The number of pyridine rings is 1. The highest BCUT2D eigenvalue weighted by Crippen LogP contribution is 2.32. The summed E-state index contributed by atoms with van der Waals surface area (Å²) in [6.07, 6.45) is 3.24. The molecule has 2 heterocycles. The van der Waals surface area contributed by atoms with Crippen LogP contribution < -0.4 is 0 Å². The van der Waals surface area contributed by atoms with Gasteiger partial charge in [0.05, 0.1) is 17.5 Å². The van der Waals surface area contributed by atoms with Crippen LogP contribution in [-0.4, -0.2) is 14.5 Å². The minimum atomic E-state index is -1.32. The number of aliphatic hydroxyl groups is 1. The number of imidazole rings is 1. The highest BCUT2D eigenvalue weighted by Gasteiger charge is 2.24. The van der Waals surface area contributed by atoms with Crippen molar-refractivity contribution >= 4 is 5.65 Å². The van der Waals surface area contributed by atoms with Crippen LogP contribution in [-0.2, 0) is 5.60 Å². The van der Waals surface area contributed by atoms with Crippen LogP contribution in [0.4, 0.5) is 8.78 Å². The average Bonchev–Trinajstić information content (AvgIpc) is 3.13. The van der Waals surface area contributed by atoms with Crippen LogP contribution in [0.15, 0.2) is 60.9 Å². The fraction of sp³-hybridized carbons (Fsp3) is 0.240. The molecule has 1 N–H and O–H groups in total. The molecular weight excluding hydrogens is 382 g/mol. The van der Waals surface area contributed by atoms with Crippen molar-refractivity contribution in [3.8, 4) is 22.4 Å². The minimum absolute atomic E-state index is 0.123. The topological polar surface area (TPSA) is 37.5 Å². The van der Waals surface area contributed by atoms with Gasteiger partial charge in [0.1, 0.15) is 5.82 Å². The molecular formula is C25H24F2N2O. The summed E-state index contributed by atoms with van der Waals surface area (Å²) in [6.45, 7) is 7.26. The van der Waals surface area contributed by atoms with Crippen LogP contribution >= 0.6 is 0 Å². The van der Waals surface area contributed by atoms with E-state index in [1.165, 1.54) is 19.9 Å². The summed E-state index contributed by atoms with van der Waals surface area (Å²) >= 11 is 0. The molecule has 4 rings (SSSR count). The predicted octanol–water partition coefficient (Wildman–Crippen LogP) is 6.30. The molecule has 0 aliphatic heterocycles. The number of hydrogen-bond donors (Lipinski definition) is 1. The number of nitrogens with zero attached hydrogens (tertiary/aromatic N) is 2. The van der Waals surface area contributed by atoms with Crippen molar-refractivity contribution in [3.05, 3.63) is 83.7 Å². The maximum Gasteiger partial charge on any atom is 0.174 e. The van der Waals surface area contributed by atoms with E-state index in [2.05, 4.69) is 18.8 Å². The minimum Gasteiger partial charge on any atom is -0.386 e. The first kappa shape index (κ1) is 20.2. The second-order valence-electron chi connectivity index (χ2n) is 8.41. The second kappa shape index (κ2) is 7.33. The molecule has 0 atom stereocenters. The largest absolute Gasteiger partial charge is 0.386 e. The summed E-state index contributed by atoms with van der Waals surface area (Å²) in [5, 5.41) is 10.2. The average molecular weight is 406 g/mol. The molecule has 4 aromatic rings. The molecule has 0 saturated carbocycles. The molecule has 3 nitrogen and oxygen atoms in total. The van der Waals surface area contributed by atoms with Crippen molar-refractivity contribution in [3.63, 3.8) is 0 Å². The number of hydrogen-bond acceptors (Lipinski definition) is 2. The van der Waals surface area contributed by atoms with E-state index in [-0.39, 0.29) is 17.0 Å². The molecule has 154 valence electrons. The molecule has 0 radical (unpaired) electrons. The molecule has 30 heavy (non-hydrogen) atoms. The lowest BCUT2D eigenvalue weighted by molar-refractivity contribution is 0.0746. The molecule has 0 aliphatic rings. The van der Waals surface area contributed by atoms with Gasteiger partial charge in [-0.15, -0.1) is 0 Å². The number of aromatic nitrogens is 2. The van der Waals surface area contributed by atoms with E-state index in [9.17, 15) is 13.9 Å². The highest BCUT2D eigenvalue weighted by molar-refractivity contribution is 5.74. The number of rotatable bonds is 4. The summed E-state index contributed by atoms with van der Waals surface area (Å²) in [5.74, 6) is -0.546. The maximum atomic E-state index is 14.9. The van der Waals surface area contributed by atoms with Gasteiger partial charge < -0.3 is 5.11 Å². The van der Waals surface area contributed by atoms with Gasteiger partial charge in [0.15, 0.2) is 11.5 Å². The lowest BCUT2D eigenvalue weighted by atomic mass is 9.96. The first-order chi connectivity index (χ1) is 14.2. The van der Waals surface area contributed by atoms with Crippen molar-refractivity contribution in [2.45, 2.75) is 39.2 Å². The third kappa shape index (κ3) is 3.50. The molecule has 0 saturated heterocycles. The van der Waals surface area contributed by atoms with E-state index in [0.29, 0.717) is 17.2 Å². The van der Waals surface area contributed by atoms with Crippen molar-refractivity contribution in [1.29, 1.82) is 0 Å². The standard InChI is InChI=1S/C25H24F2N2O/c1-15(2)16-6-5-7-17(12-16)19-13-18(8-9-21(19)26)22-14-28-24-23(27)20(25(3,4)30)10-11-29(22)24/h5-15,30H,1-4H3. The zero-order chi connectivity index (χ0) is 21.6. The maximum absolute atomic E-state index is 14.9. The fourth-order valence-electron chi connectivity index (χ4n) is 3.67. The van der Waals surface area contributed by atoms with E-state index >= 15 is 0 Å². The van der Waals surface area contributed by atoms with Crippen LogP contribution in [0.3, 0.4) is 0 Å². The monoisotopic (exact) mass is 406 g/mol. The number of halogens is 2. The van der Waals surface area contributed by atoms with Crippen LogP contribution in [0.5, 0.6) is 0 Å². The van der Waals surface area contributed by atoms with Crippen LogP contribution in [0, 0.1) is 11.6 Å². The first-order valence-electron chi connectivity index (χ1n) is 9.95. The number of fused-ring (bicyclic) bond motifs is 1. The van der Waals surface area contributed by atoms with Crippen molar-refractivity contribution in [2.75, 3.05) is 0 Å². The van der Waals surface area contributed by atoms with E-state index in [0.717, 1.165) is 16.7 Å². The third-order valence-corrected chi connectivity index (χ3v) is 5.41. The van der Waals surface area contributed by atoms with Gasteiger partial charge in [-0.2, -0.15) is 0 Å². The first-order valence-corrected chi connectivity index (χ1v) is 9.95. The van der Waals surface area contributed by atoms with Crippen molar-refractivity contribution in [2.24, 2.45) is 0 Å². The molecule has 0 spiro atoms. The normalized spacial score (nSPS) is 12.1. The van der Waals surface area contributed by atoms with E-state index in [4.69, 9.17) is 0 Å². The van der Waals surface area contributed by atoms with Gasteiger partial charge in [0.25, 0.3) is 0 Å². The van der Waals surface area contributed by atoms with Gasteiger partial charge in [-0.1, -0.05) is 38.1 Å². The Kier molecular flexibility index (Phi) is 4.94. The van der Waals surface area contributed by atoms with Gasteiger partial charge in [-0.3, -0.25) is 4.40 Å². The van der Waals surface area contributed by atoms with Crippen molar-refractivity contribution < 1.29 is 13.9 Å². The SMILES string of the molecule is CC(C)c1cccc(-c2cc(-c3cnc4c(F)c(C(C)(C)O)ccn34)ccc2F)c1. The third-order valence-electron chi connectivity index (χ3n) is 5.41.